The van der Waals surface area contributed by atoms with Gasteiger partial charge in [-0.15, -0.1) is 0 Å². The maximum atomic E-state index is 12.1. The lowest BCUT2D eigenvalue weighted by Gasteiger charge is -2.43. The largest absolute Gasteiger partial charge is 0.494 e. The average Bonchev–Trinajstić information content (AvgIpc) is 2.99. The molecule has 1 aromatic rings. The van der Waals surface area contributed by atoms with Gasteiger partial charge in [-0.25, -0.2) is 0 Å². The van der Waals surface area contributed by atoms with E-state index in [0.29, 0.717) is 23.5 Å². The molecule has 1 aromatic carbocycles. The zero-order valence-corrected chi connectivity index (χ0v) is 15.7. The minimum atomic E-state index is 0.391. The highest BCUT2D eigenvalue weighted by atomic mass is 16.5. The molecule has 3 nitrogen and oxygen atoms in total. The van der Waals surface area contributed by atoms with Crippen LogP contribution in [0.2, 0.25) is 0 Å². The van der Waals surface area contributed by atoms with Gasteiger partial charge < -0.3 is 9.64 Å². The summed E-state index contributed by atoms with van der Waals surface area (Å²) in [4.78, 5) is 14.3. The predicted octanol–water partition coefficient (Wildman–Crippen LogP) is 4.05. The molecule has 0 aromatic heterocycles. The van der Waals surface area contributed by atoms with Gasteiger partial charge in [0.2, 0.25) is 0 Å². The smallest absolute Gasteiger partial charge is 0.136 e. The van der Waals surface area contributed by atoms with Crippen molar-refractivity contribution in [2.45, 2.75) is 50.9 Å². The van der Waals surface area contributed by atoms with Crippen LogP contribution in [0.3, 0.4) is 0 Å². The summed E-state index contributed by atoms with van der Waals surface area (Å²) in [5.74, 6) is 4.06. The van der Waals surface area contributed by atoms with Crippen molar-refractivity contribution in [3.05, 3.63) is 29.3 Å². The lowest BCUT2D eigenvalue weighted by atomic mass is 9.61. The standard InChI is InChI=1S/C22H31NO2/c1-23(2)12-3-13-25-16-5-7-17-15(14-16)4-6-19-18(17)8-9-21-20(19)10-11-22(21)24/h5,7,14,18-21H,3-4,6,8-13H2,1-2H3. The van der Waals surface area contributed by atoms with Crippen LogP contribution in [0.1, 0.15) is 55.6 Å². The van der Waals surface area contributed by atoms with E-state index in [-0.39, 0.29) is 0 Å². The van der Waals surface area contributed by atoms with Crippen LogP contribution >= 0.6 is 0 Å². The molecule has 4 unspecified atom stereocenters. The number of ketones is 1. The van der Waals surface area contributed by atoms with Crippen molar-refractivity contribution >= 4 is 5.78 Å². The molecular formula is C22H31NO2. The maximum Gasteiger partial charge on any atom is 0.136 e. The van der Waals surface area contributed by atoms with E-state index in [9.17, 15) is 4.79 Å². The van der Waals surface area contributed by atoms with Gasteiger partial charge in [0, 0.05) is 18.9 Å². The first-order chi connectivity index (χ1) is 12.1. The Bertz CT molecular complexity index is 639. The Kier molecular flexibility index (Phi) is 4.86. The van der Waals surface area contributed by atoms with Gasteiger partial charge in [-0.3, -0.25) is 4.79 Å². The fourth-order valence-corrected chi connectivity index (χ4v) is 5.64. The molecule has 0 bridgehead atoms. The fourth-order valence-electron chi connectivity index (χ4n) is 5.64. The van der Waals surface area contributed by atoms with E-state index in [1.807, 2.05) is 0 Å². The number of Topliss-reactive ketones (excluding diaryl/α,β-unsaturated/α-hetero) is 1. The Hall–Kier alpha value is -1.35. The van der Waals surface area contributed by atoms with Crippen molar-refractivity contribution in [3.63, 3.8) is 0 Å². The monoisotopic (exact) mass is 341 g/mol. The molecule has 0 radical (unpaired) electrons. The molecule has 4 atom stereocenters. The summed E-state index contributed by atoms with van der Waals surface area (Å²) < 4.78 is 5.97. The second-order valence-corrected chi connectivity index (χ2v) is 8.53. The van der Waals surface area contributed by atoms with Crippen molar-refractivity contribution in [2.75, 3.05) is 27.2 Å². The minimum absolute atomic E-state index is 0.391. The molecule has 0 heterocycles. The number of rotatable bonds is 5. The summed E-state index contributed by atoms with van der Waals surface area (Å²) in [5, 5.41) is 0. The summed E-state index contributed by atoms with van der Waals surface area (Å²) in [6, 6.07) is 6.78. The Labute approximate surface area is 151 Å². The number of carbonyl (C=O) groups is 1. The normalized spacial score (nSPS) is 30.8. The summed E-state index contributed by atoms with van der Waals surface area (Å²) in [6.45, 7) is 1.85. The average molecular weight is 341 g/mol. The van der Waals surface area contributed by atoms with Crippen LogP contribution in [-0.4, -0.2) is 37.9 Å². The number of benzene rings is 1. The van der Waals surface area contributed by atoms with Gasteiger partial charge in [0.1, 0.15) is 11.5 Å². The lowest BCUT2D eigenvalue weighted by molar-refractivity contribution is -0.122. The number of hydrogen-bond donors (Lipinski definition) is 0. The van der Waals surface area contributed by atoms with Gasteiger partial charge in [0.25, 0.3) is 0 Å². The molecule has 3 aliphatic carbocycles. The molecule has 136 valence electrons. The predicted molar refractivity (Wildman–Crippen MR) is 100 cm³/mol. The molecule has 2 saturated carbocycles. The molecule has 25 heavy (non-hydrogen) atoms. The van der Waals surface area contributed by atoms with Gasteiger partial charge in [-0.1, -0.05) is 6.07 Å². The maximum absolute atomic E-state index is 12.1. The number of nitrogens with zero attached hydrogens (tertiary/aromatic N) is 1. The number of aryl methyl sites for hydroxylation is 1. The van der Waals surface area contributed by atoms with Crippen LogP contribution in [0.25, 0.3) is 0 Å². The fraction of sp³-hybridized carbons (Fsp3) is 0.682. The molecule has 0 spiro atoms. The third-order valence-electron chi connectivity index (χ3n) is 6.79. The van der Waals surface area contributed by atoms with Crippen molar-refractivity contribution in [1.82, 2.24) is 4.90 Å². The van der Waals surface area contributed by atoms with Crippen LogP contribution < -0.4 is 4.74 Å². The lowest BCUT2D eigenvalue weighted by Crippen LogP contribution is -2.35. The molecule has 0 N–H and O–H groups in total. The van der Waals surface area contributed by atoms with E-state index in [1.165, 1.54) is 18.4 Å². The molecule has 3 aliphatic rings. The van der Waals surface area contributed by atoms with E-state index in [0.717, 1.165) is 56.9 Å². The molecule has 4 rings (SSSR count). The third-order valence-corrected chi connectivity index (χ3v) is 6.79. The second-order valence-electron chi connectivity index (χ2n) is 8.53. The van der Waals surface area contributed by atoms with Crippen molar-refractivity contribution in [2.24, 2.45) is 17.8 Å². The molecule has 3 heteroatoms. The number of fused-ring (bicyclic) bond motifs is 5. The van der Waals surface area contributed by atoms with Gasteiger partial charge >= 0.3 is 0 Å². The zero-order valence-electron chi connectivity index (χ0n) is 15.7. The highest BCUT2D eigenvalue weighted by Gasteiger charge is 2.47. The van der Waals surface area contributed by atoms with Crippen molar-refractivity contribution < 1.29 is 9.53 Å². The third kappa shape index (κ3) is 3.36. The van der Waals surface area contributed by atoms with Crippen molar-refractivity contribution in [1.29, 1.82) is 0 Å². The minimum Gasteiger partial charge on any atom is -0.494 e. The zero-order chi connectivity index (χ0) is 17.4. The Morgan fingerprint density at radius 2 is 1.80 bits per heavy atom. The summed E-state index contributed by atoms with van der Waals surface area (Å²) in [5.41, 5.74) is 3.05. The van der Waals surface area contributed by atoms with Crippen molar-refractivity contribution in [3.8, 4) is 5.75 Å². The van der Waals surface area contributed by atoms with E-state index in [4.69, 9.17) is 4.74 Å². The molecule has 0 saturated heterocycles. The highest BCUT2D eigenvalue weighted by Crippen LogP contribution is 2.54. The number of carbonyl (C=O) groups excluding carboxylic acids is 1. The van der Waals surface area contributed by atoms with E-state index in [2.05, 4.69) is 37.2 Å². The first-order valence-electron chi connectivity index (χ1n) is 10.1. The van der Waals surface area contributed by atoms with E-state index < -0.39 is 0 Å². The molecule has 2 fully saturated rings. The van der Waals surface area contributed by atoms with Gasteiger partial charge in [0.05, 0.1) is 6.61 Å². The topological polar surface area (TPSA) is 29.5 Å². The van der Waals surface area contributed by atoms with E-state index >= 15 is 0 Å². The van der Waals surface area contributed by atoms with Gasteiger partial charge in [0.15, 0.2) is 0 Å². The number of ether oxygens (including phenoxy) is 1. The first-order valence-corrected chi connectivity index (χ1v) is 10.1. The Morgan fingerprint density at radius 1 is 1.04 bits per heavy atom. The SMILES string of the molecule is CN(C)CCCOc1ccc2c(c1)CCC1C2CCC2C(=O)CCC21. The highest BCUT2D eigenvalue weighted by molar-refractivity contribution is 5.83. The van der Waals surface area contributed by atoms with Crippen LogP contribution in [0.4, 0.5) is 0 Å². The Morgan fingerprint density at radius 3 is 2.64 bits per heavy atom. The molecule has 0 amide bonds. The molecular weight excluding hydrogens is 310 g/mol. The summed E-state index contributed by atoms with van der Waals surface area (Å²) in [7, 11) is 4.20. The molecule has 0 aliphatic heterocycles. The quantitative estimate of drug-likeness (QED) is 0.757. The summed E-state index contributed by atoms with van der Waals surface area (Å²) in [6.07, 6.45) is 7.78. The van der Waals surface area contributed by atoms with Crippen LogP contribution in [-0.2, 0) is 11.2 Å². The second kappa shape index (κ2) is 7.11. The van der Waals surface area contributed by atoms with Crippen LogP contribution in [0.15, 0.2) is 18.2 Å². The first kappa shape index (κ1) is 17.1. The van der Waals surface area contributed by atoms with Crippen LogP contribution in [0, 0.1) is 17.8 Å². The van der Waals surface area contributed by atoms with Crippen LogP contribution in [0.5, 0.6) is 5.75 Å². The summed E-state index contributed by atoms with van der Waals surface area (Å²) >= 11 is 0. The number of hydrogen-bond acceptors (Lipinski definition) is 3. The van der Waals surface area contributed by atoms with Gasteiger partial charge in [-0.2, -0.15) is 0 Å². The Balaban J connectivity index is 1.44. The van der Waals surface area contributed by atoms with E-state index in [1.54, 1.807) is 5.56 Å². The van der Waals surface area contributed by atoms with Gasteiger partial charge in [-0.05, 0) is 93.6 Å².